The molecule has 4 nitrogen and oxygen atoms in total. The summed E-state index contributed by atoms with van der Waals surface area (Å²) in [5.74, 6) is -0.627. The van der Waals surface area contributed by atoms with Crippen LogP contribution < -0.4 is 0 Å². The van der Waals surface area contributed by atoms with Gasteiger partial charge in [0, 0.05) is 0 Å². The summed E-state index contributed by atoms with van der Waals surface area (Å²) in [7, 11) is 1.17. The van der Waals surface area contributed by atoms with Gasteiger partial charge < -0.3 is 4.74 Å². The summed E-state index contributed by atoms with van der Waals surface area (Å²) >= 11 is 0. The van der Waals surface area contributed by atoms with Crippen LogP contribution in [-0.4, -0.2) is 18.1 Å². The highest BCUT2D eigenvalue weighted by molar-refractivity contribution is 5.72. The number of hydrogen-bond donors (Lipinski definition) is 0. The lowest BCUT2D eigenvalue weighted by molar-refractivity contribution is -0.139. The molecular formula is C11H10F2N2O2. The summed E-state index contributed by atoms with van der Waals surface area (Å²) in [6.45, 7) is 1.57. The molecule has 1 heterocycles. The van der Waals surface area contributed by atoms with Crippen LogP contribution in [0.2, 0.25) is 0 Å². The molecule has 0 aliphatic carbocycles. The fourth-order valence-electron chi connectivity index (χ4n) is 1.36. The van der Waals surface area contributed by atoms with Gasteiger partial charge in [0.1, 0.15) is 17.5 Å². The van der Waals surface area contributed by atoms with E-state index in [-0.39, 0.29) is 17.7 Å². The summed E-state index contributed by atoms with van der Waals surface area (Å²) in [4.78, 5) is 14.6. The average molecular weight is 240 g/mol. The SMILES string of the molecule is COC(=O)Cc1cc(C)c(C#N)nc1C(F)F. The van der Waals surface area contributed by atoms with Gasteiger partial charge in [-0.3, -0.25) is 4.79 Å². The number of carbonyl (C=O) groups is 1. The molecule has 1 rings (SSSR count). The molecule has 0 aromatic carbocycles. The van der Waals surface area contributed by atoms with E-state index in [1.165, 1.54) is 13.2 Å². The van der Waals surface area contributed by atoms with Crippen molar-refractivity contribution in [2.75, 3.05) is 7.11 Å². The molecule has 0 saturated heterocycles. The van der Waals surface area contributed by atoms with E-state index >= 15 is 0 Å². The van der Waals surface area contributed by atoms with Gasteiger partial charge in [0.2, 0.25) is 0 Å². The van der Waals surface area contributed by atoms with Crippen molar-refractivity contribution in [1.82, 2.24) is 4.98 Å². The molecule has 0 spiro atoms. The number of carbonyl (C=O) groups excluding carboxylic acids is 1. The topological polar surface area (TPSA) is 63.0 Å². The third-order valence-corrected chi connectivity index (χ3v) is 2.20. The Bertz CT molecular complexity index is 481. The predicted molar refractivity (Wildman–Crippen MR) is 54.4 cm³/mol. The number of nitriles is 1. The first-order valence-electron chi connectivity index (χ1n) is 4.75. The van der Waals surface area contributed by atoms with Crippen molar-refractivity contribution in [3.8, 4) is 6.07 Å². The third kappa shape index (κ3) is 2.97. The van der Waals surface area contributed by atoms with Crippen molar-refractivity contribution in [2.24, 2.45) is 0 Å². The van der Waals surface area contributed by atoms with Crippen molar-refractivity contribution in [1.29, 1.82) is 5.26 Å². The Kier molecular flexibility index (Phi) is 4.10. The molecule has 0 atom stereocenters. The highest BCUT2D eigenvalue weighted by Gasteiger charge is 2.19. The Labute approximate surface area is 96.8 Å². The Hall–Kier alpha value is -2.03. The van der Waals surface area contributed by atoms with E-state index in [9.17, 15) is 13.6 Å². The number of rotatable bonds is 3. The van der Waals surface area contributed by atoms with Crippen LogP contribution in [0.1, 0.15) is 28.9 Å². The summed E-state index contributed by atoms with van der Waals surface area (Å²) in [6.07, 6.45) is -3.11. The zero-order valence-electron chi connectivity index (χ0n) is 9.33. The first kappa shape index (κ1) is 13.0. The number of methoxy groups -OCH3 is 1. The number of aromatic nitrogens is 1. The summed E-state index contributed by atoms with van der Waals surface area (Å²) in [6, 6.07) is 3.09. The van der Waals surface area contributed by atoms with E-state index in [2.05, 4.69) is 9.72 Å². The smallest absolute Gasteiger partial charge is 0.310 e. The Morgan fingerprint density at radius 2 is 2.29 bits per heavy atom. The average Bonchev–Trinajstić information content (AvgIpc) is 2.28. The number of esters is 1. The molecule has 0 unspecified atom stereocenters. The maximum absolute atomic E-state index is 12.7. The molecule has 17 heavy (non-hydrogen) atoms. The molecule has 0 N–H and O–H groups in total. The highest BCUT2D eigenvalue weighted by atomic mass is 19.3. The lowest BCUT2D eigenvalue weighted by Crippen LogP contribution is -2.10. The van der Waals surface area contributed by atoms with Crippen LogP contribution >= 0.6 is 0 Å². The van der Waals surface area contributed by atoms with Crippen LogP contribution in [-0.2, 0) is 16.0 Å². The first-order chi connectivity index (χ1) is 7.99. The second-order valence-corrected chi connectivity index (χ2v) is 3.36. The minimum atomic E-state index is -2.83. The van der Waals surface area contributed by atoms with Crippen LogP contribution in [0.4, 0.5) is 8.78 Å². The predicted octanol–water partition coefficient (Wildman–Crippen LogP) is 1.91. The number of alkyl halides is 2. The van der Waals surface area contributed by atoms with Crippen molar-refractivity contribution in [2.45, 2.75) is 19.8 Å². The van der Waals surface area contributed by atoms with Crippen molar-refractivity contribution in [3.63, 3.8) is 0 Å². The van der Waals surface area contributed by atoms with Crippen LogP contribution in [0.5, 0.6) is 0 Å². The molecule has 0 bridgehead atoms. The number of pyridine rings is 1. The fraction of sp³-hybridized carbons (Fsp3) is 0.364. The van der Waals surface area contributed by atoms with Gasteiger partial charge in [-0.15, -0.1) is 0 Å². The van der Waals surface area contributed by atoms with Crippen molar-refractivity contribution in [3.05, 3.63) is 28.6 Å². The van der Waals surface area contributed by atoms with Crippen molar-refractivity contribution >= 4 is 5.97 Å². The molecule has 6 heteroatoms. The zero-order valence-corrected chi connectivity index (χ0v) is 9.33. The fourth-order valence-corrected chi connectivity index (χ4v) is 1.36. The monoisotopic (exact) mass is 240 g/mol. The number of nitrogens with zero attached hydrogens (tertiary/aromatic N) is 2. The van der Waals surface area contributed by atoms with Crippen LogP contribution in [0, 0.1) is 18.3 Å². The maximum Gasteiger partial charge on any atom is 0.310 e. The van der Waals surface area contributed by atoms with Crippen LogP contribution in [0.3, 0.4) is 0 Å². The van der Waals surface area contributed by atoms with Crippen LogP contribution in [0.25, 0.3) is 0 Å². The van der Waals surface area contributed by atoms with E-state index in [0.717, 1.165) is 0 Å². The lowest BCUT2D eigenvalue weighted by atomic mass is 10.1. The van der Waals surface area contributed by atoms with Gasteiger partial charge in [-0.1, -0.05) is 6.07 Å². The molecule has 0 amide bonds. The Balaban J connectivity index is 3.24. The van der Waals surface area contributed by atoms with E-state index in [0.29, 0.717) is 5.56 Å². The summed E-state index contributed by atoms with van der Waals surface area (Å²) in [5, 5.41) is 8.69. The summed E-state index contributed by atoms with van der Waals surface area (Å²) < 4.78 is 29.8. The number of hydrogen-bond acceptors (Lipinski definition) is 4. The zero-order chi connectivity index (χ0) is 13.0. The maximum atomic E-state index is 12.7. The molecule has 90 valence electrons. The first-order valence-corrected chi connectivity index (χ1v) is 4.75. The number of halogens is 2. The molecule has 1 aromatic rings. The molecule has 0 aliphatic rings. The van der Waals surface area contributed by atoms with Gasteiger partial charge in [0.05, 0.1) is 13.5 Å². The van der Waals surface area contributed by atoms with E-state index < -0.39 is 18.1 Å². The summed E-state index contributed by atoms with van der Waals surface area (Å²) in [5.41, 5.74) is -0.0642. The van der Waals surface area contributed by atoms with Gasteiger partial charge >= 0.3 is 5.97 Å². The van der Waals surface area contributed by atoms with E-state index in [1.807, 2.05) is 0 Å². The lowest BCUT2D eigenvalue weighted by Gasteiger charge is -2.09. The molecule has 0 radical (unpaired) electrons. The normalized spacial score (nSPS) is 10.1. The van der Waals surface area contributed by atoms with Gasteiger partial charge in [0.25, 0.3) is 6.43 Å². The highest BCUT2D eigenvalue weighted by Crippen LogP contribution is 2.23. The number of aryl methyl sites for hydroxylation is 1. The standard InChI is InChI=1S/C11H10F2N2O2/c1-6-3-7(4-9(16)17-2)10(11(12)13)15-8(6)5-14/h3,11H,4H2,1-2H3. The quantitative estimate of drug-likeness (QED) is 0.757. The molecule has 0 aliphatic heterocycles. The third-order valence-electron chi connectivity index (χ3n) is 2.20. The molecule has 0 fully saturated rings. The number of ether oxygens (including phenoxy) is 1. The molecule has 0 saturated carbocycles. The second kappa shape index (κ2) is 5.34. The van der Waals surface area contributed by atoms with Gasteiger partial charge in [-0.25, -0.2) is 13.8 Å². The van der Waals surface area contributed by atoms with Gasteiger partial charge in [-0.05, 0) is 18.1 Å². The second-order valence-electron chi connectivity index (χ2n) is 3.36. The van der Waals surface area contributed by atoms with Crippen molar-refractivity contribution < 1.29 is 18.3 Å². The van der Waals surface area contributed by atoms with E-state index in [4.69, 9.17) is 5.26 Å². The molecule has 1 aromatic heterocycles. The molecular weight excluding hydrogens is 230 g/mol. The van der Waals surface area contributed by atoms with Gasteiger partial charge in [0.15, 0.2) is 0 Å². The Morgan fingerprint density at radius 1 is 1.65 bits per heavy atom. The van der Waals surface area contributed by atoms with E-state index in [1.54, 1.807) is 13.0 Å². The minimum Gasteiger partial charge on any atom is -0.469 e. The van der Waals surface area contributed by atoms with Crippen LogP contribution in [0.15, 0.2) is 6.07 Å². The Morgan fingerprint density at radius 3 is 2.76 bits per heavy atom. The van der Waals surface area contributed by atoms with Gasteiger partial charge in [-0.2, -0.15) is 5.26 Å². The minimum absolute atomic E-state index is 0.0612. The largest absolute Gasteiger partial charge is 0.469 e.